The number of aromatic nitrogens is 3. The van der Waals surface area contributed by atoms with Crippen LogP contribution < -0.4 is 5.32 Å². The molecule has 5 nitrogen and oxygen atoms in total. The van der Waals surface area contributed by atoms with Gasteiger partial charge in [-0.15, -0.1) is 10.2 Å². The van der Waals surface area contributed by atoms with Gasteiger partial charge in [0.05, 0.1) is 6.54 Å². The molecule has 0 saturated heterocycles. The summed E-state index contributed by atoms with van der Waals surface area (Å²) < 4.78 is 2.03. The number of thioether (sulfide) groups is 1. The van der Waals surface area contributed by atoms with Gasteiger partial charge in [-0.25, -0.2) is 0 Å². The van der Waals surface area contributed by atoms with Gasteiger partial charge in [-0.1, -0.05) is 90.1 Å². The second-order valence-corrected chi connectivity index (χ2v) is 8.94. The minimum atomic E-state index is -0.505. The molecular formula is C25H23ClN4OS. The second-order valence-electron chi connectivity index (χ2n) is 7.46. The lowest BCUT2D eigenvalue weighted by atomic mass is 10.1. The third-order valence-electron chi connectivity index (χ3n) is 5.09. The first-order valence-corrected chi connectivity index (χ1v) is 11.5. The van der Waals surface area contributed by atoms with Crippen LogP contribution in [0.1, 0.15) is 27.8 Å². The van der Waals surface area contributed by atoms with E-state index in [2.05, 4.69) is 27.6 Å². The van der Waals surface area contributed by atoms with Gasteiger partial charge in [0.2, 0.25) is 5.91 Å². The number of hydrogen-bond donors (Lipinski definition) is 1. The van der Waals surface area contributed by atoms with Crippen molar-refractivity contribution in [3.8, 4) is 0 Å². The van der Waals surface area contributed by atoms with Crippen molar-refractivity contribution in [2.24, 2.45) is 0 Å². The Morgan fingerprint density at radius 2 is 1.69 bits per heavy atom. The van der Waals surface area contributed by atoms with E-state index in [1.54, 1.807) is 6.07 Å². The van der Waals surface area contributed by atoms with Crippen LogP contribution in [-0.2, 0) is 11.3 Å². The molecule has 1 unspecified atom stereocenters. The molecule has 1 aromatic heterocycles. The number of hydrogen-bond acceptors (Lipinski definition) is 4. The number of carbonyl (C=O) groups is 1. The number of nitrogens with zero attached hydrogens (tertiary/aromatic N) is 3. The van der Waals surface area contributed by atoms with Gasteiger partial charge in [-0.3, -0.25) is 4.79 Å². The fraction of sp³-hybridized carbons (Fsp3) is 0.160. The van der Waals surface area contributed by atoms with Gasteiger partial charge in [0.15, 0.2) is 5.16 Å². The highest BCUT2D eigenvalue weighted by Crippen LogP contribution is 2.36. The van der Waals surface area contributed by atoms with Crippen LogP contribution >= 0.6 is 23.4 Å². The molecule has 0 bridgehead atoms. The van der Waals surface area contributed by atoms with Crippen LogP contribution in [0.4, 0.5) is 5.69 Å². The molecule has 0 aliphatic carbocycles. The third kappa shape index (κ3) is 5.21. The summed E-state index contributed by atoms with van der Waals surface area (Å²) in [4.78, 5) is 13.4. The summed E-state index contributed by atoms with van der Waals surface area (Å²) in [5, 5.41) is 12.4. The minimum Gasteiger partial charge on any atom is -0.325 e. The first kappa shape index (κ1) is 22.1. The lowest BCUT2D eigenvalue weighted by molar-refractivity contribution is -0.115. The summed E-state index contributed by atoms with van der Waals surface area (Å²) in [7, 11) is 0. The Labute approximate surface area is 196 Å². The van der Waals surface area contributed by atoms with E-state index in [1.165, 1.54) is 11.8 Å². The van der Waals surface area contributed by atoms with Gasteiger partial charge >= 0.3 is 0 Å². The van der Waals surface area contributed by atoms with Crippen LogP contribution in [0, 0.1) is 13.8 Å². The molecule has 7 heteroatoms. The van der Waals surface area contributed by atoms with Crippen LogP contribution in [0.3, 0.4) is 0 Å². The summed E-state index contributed by atoms with van der Waals surface area (Å²) in [5.74, 6) is 0.655. The quantitative estimate of drug-likeness (QED) is 0.339. The van der Waals surface area contributed by atoms with Crippen molar-refractivity contribution < 1.29 is 4.79 Å². The van der Waals surface area contributed by atoms with Gasteiger partial charge < -0.3 is 9.88 Å². The summed E-state index contributed by atoms with van der Waals surface area (Å²) in [6.45, 7) is 4.49. The van der Waals surface area contributed by atoms with Gasteiger partial charge in [0.1, 0.15) is 11.1 Å². The molecule has 1 N–H and O–H groups in total. The van der Waals surface area contributed by atoms with E-state index in [0.29, 0.717) is 22.4 Å². The molecular weight excluding hydrogens is 440 g/mol. The fourth-order valence-electron chi connectivity index (χ4n) is 3.28. The number of amides is 1. The molecule has 0 aliphatic rings. The van der Waals surface area contributed by atoms with E-state index < -0.39 is 5.25 Å². The maximum absolute atomic E-state index is 13.4. The number of aryl methyl sites for hydroxylation is 2. The first-order valence-electron chi connectivity index (χ1n) is 10.2. The average Bonchev–Trinajstić information content (AvgIpc) is 3.15. The Bertz CT molecular complexity index is 1210. The molecule has 32 heavy (non-hydrogen) atoms. The third-order valence-corrected chi connectivity index (χ3v) is 6.73. The average molecular weight is 463 g/mol. The van der Waals surface area contributed by atoms with E-state index in [4.69, 9.17) is 11.6 Å². The highest BCUT2D eigenvalue weighted by Gasteiger charge is 2.25. The standard InChI is InChI=1S/C25H23ClN4OS/c1-17-13-14-21(15-22(17)26)27-24(31)23(20-11-7-4-8-12-20)32-25-29-28-18(2)30(25)16-19-9-5-3-6-10-19/h3-15,23H,16H2,1-2H3,(H,27,31). The van der Waals surface area contributed by atoms with Crippen LogP contribution in [0.2, 0.25) is 5.02 Å². The van der Waals surface area contributed by atoms with Gasteiger partial charge in [0, 0.05) is 10.7 Å². The van der Waals surface area contributed by atoms with Crippen molar-refractivity contribution >= 4 is 35.0 Å². The highest BCUT2D eigenvalue weighted by atomic mass is 35.5. The van der Waals surface area contributed by atoms with Crippen molar-refractivity contribution in [3.63, 3.8) is 0 Å². The largest absolute Gasteiger partial charge is 0.325 e. The molecule has 0 radical (unpaired) electrons. The van der Waals surface area contributed by atoms with E-state index in [1.807, 2.05) is 79.1 Å². The Morgan fingerprint density at radius 1 is 1.00 bits per heavy atom. The number of halogens is 1. The Morgan fingerprint density at radius 3 is 2.38 bits per heavy atom. The van der Waals surface area contributed by atoms with E-state index in [0.717, 1.165) is 22.5 Å². The van der Waals surface area contributed by atoms with Gasteiger partial charge in [-0.05, 0) is 42.7 Å². The summed E-state index contributed by atoms with van der Waals surface area (Å²) in [5.41, 5.74) is 3.66. The minimum absolute atomic E-state index is 0.145. The molecule has 0 spiro atoms. The lowest BCUT2D eigenvalue weighted by Gasteiger charge is -2.18. The number of rotatable bonds is 7. The molecule has 0 saturated carbocycles. The highest BCUT2D eigenvalue weighted by molar-refractivity contribution is 8.00. The van der Waals surface area contributed by atoms with Crippen molar-refractivity contribution in [2.75, 3.05) is 5.32 Å². The Balaban J connectivity index is 1.62. The first-order chi connectivity index (χ1) is 15.5. The fourth-order valence-corrected chi connectivity index (χ4v) is 4.54. The number of anilines is 1. The molecule has 1 heterocycles. The number of benzene rings is 3. The Hall–Kier alpha value is -3.09. The van der Waals surface area contributed by atoms with Crippen LogP contribution in [0.25, 0.3) is 0 Å². The summed E-state index contributed by atoms with van der Waals surface area (Å²) >= 11 is 7.63. The summed E-state index contributed by atoms with van der Waals surface area (Å²) in [6.07, 6.45) is 0. The van der Waals surface area contributed by atoms with Crippen molar-refractivity contribution in [1.82, 2.24) is 14.8 Å². The molecule has 0 aliphatic heterocycles. The molecule has 162 valence electrons. The normalized spacial score (nSPS) is 11.8. The molecule has 1 atom stereocenters. The molecule has 4 rings (SSSR count). The zero-order chi connectivity index (χ0) is 22.5. The topological polar surface area (TPSA) is 59.8 Å². The predicted octanol–water partition coefficient (Wildman–Crippen LogP) is 6.07. The predicted molar refractivity (Wildman–Crippen MR) is 130 cm³/mol. The van der Waals surface area contributed by atoms with Crippen LogP contribution in [-0.4, -0.2) is 20.7 Å². The van der Waals surface area contributed by atoms with E-state index >= 15 is 0 Å². The number of carbonyl (C=O) groups excluding carboxylic acids is 1. The van der Waals surface area contributed by atoms with Gasteiger partial charge in [-0.2, -0.15) is 0 Å². The zero-order valence-corrected chi connectivity index (χ0v) is 19.4. The zero-order valence-electron chi connectivity index (χ0n) is 17.8. The lowest BCUT2D eigenvalue weighted by Crippen LogP contribution is -2.19. The van der Waals surface area contributed by atoms with Crippen molar-refractivity contribution in [1.29, 1.82) is 0 Å². The van der Waals surface area contributed by atoms with E-state index in [-0.39, 0.29) is 5.91 Å². The Kier molecular flexibility index (Phi) is 6.93. The molecule has 1 amide bonds. The maximum atomic E-state index is 13.4. The summed E-state index contributed by atoms with van der Waals surface area (Å²) in [6, 6.07) is 25.3. The van der Waals surface area contributed by atoms with Crippen molar-refractivity contribution in [2.45, 2.75) is 30.8 Å². The SMILES string of the molecule is Cc1ccc(NC(=O)C(Sc2nnc(C)n2Cc2ccccc2)c2ccccc2)cc1Cl. The van der Waals surface area contributed by atoms with E-state index in [9.17, 15) is 4.79 Å². The smallest absolute Gasteiger partial charge is 0.242 e. The maximum Gasteiger partial charge on any atom is 0.242 e. The molecule has 4 aromatic rings. The second kappa shape index (κ2) is 10.0. The molecule has 0 fully saturated rings. The van der Waals surface area contributed by atoms with Crippen LogP contribution in [0.15, 0.2) is 84.0 Å². The monoisotopic (exact) mass is 462 g/mol. The number of nitrogens with one attached hydrogen (secondary N) is 1. The van der Waals surface area contributed by atoms with Gasteiger partial charge in [0.25, 0.3) is 0 Å². The molecule has 3 aromatic carbocycles. The van der Waals surface area contributed by atoms with Crippen LogP contribution in [0.5, 0.6) is 0 Å². The van der Waals surface area contributed by atoms with Crippen molar-refractivity contribution in [3.05, 3.63) is 106 Å².